The van der Waals surface area contributed by atoms with E-state index in [1.165, 1.54) is 35.2 Å². The van der Waals surface area contributed by atoms with Crippen molar-refractivity contribution in [1.82, 2.24) is 9.80 Å². The van der Waals surface area contributed by atoms with E-state index in [0.717, 1.165) is 56.8 Å². The van der Waals surface area contributed by atoms with Crippen molar-refractivity contribution in [2.45, 2.75) is 57.5 Å². The van der Waals surface area contributed by atoms with Crippen molar-refractivity contribution in [3.8, 4) is 11.5 Å². The summed E-state index contributed by atoms with van der Waals surface area (Å²) in [5, 5.41) is 0. The van der Waals surface area contributed by atoms with Gasteiger partial charge in [-0.2, -0.15) is 0 Å². The molecule has 3 aromatic rings. The summed E-state index contributed by atoms with van der Waals surface area (Å²) >= 11 is 0. The molecule has 1 saturated carbocycles. The van der Waals surface area contributed by atoms with Crippen LogP contribution in [0.4, 0.5) is 4.39 Å². The number of nitrogens with zero attached hydrogens (tertiary/aromatic N) is 2. The summed E-state index contributed by atoms with van der Waals surface area (Å²) in [6, 6.07) is 21.2. The summed E-state index contributed by atoms with van der Waals surface area (Å²) < 4.78 is 24.8. The molecule has 6 heteroatoms. The number of hydrogen-bond acceptors (Lipinski definition) is 4. The molecule has 6 rings (SSSR count). The topological polar surface area (TPSA) is 42.0 Å². The van der Waals surface area contributed by atoms with Crippen molar-refractivity contribution in [3.05, 3.63) is 94.8 Å². The van der Waals surface area contributed by atoms with Gasteiger partial charge >= 0.3 is 0 Å². The quantitative estimate of drug-likeness (QED) is 0.349. The molecule has 2 aliphatic heterocycles. The predicted molar refractivity (Wildman–Crippen MR) is 150 cm³/mol. The Hall–Kier alpha value is -3.38. The molecule has 3 aliphatic rings. The average molecular weight is 529 g/mol. The number of fused-ring (bicyclic) bond motifs is 1. The Morgan fingerprint density at radius 1 is 0.949 bits per heavy atom. The second-order valence-electron chi connectivity index (χ2n) is 11.4. The van der Waals surface area contributed by atoms with Crippen LogP contribution < -0.4 is 9.47 Å². The van der Waals surface area contributed by atoms with Crippen molar-refractivity contribution in [2.75, 3.05) is 26.4 Å². The second-order valence-corrected chi connectivity index (χ2v) is 11.4. The molecule has 0 aromatic heterocycles. The van der Waals surface area contributed by atoms with Gasteiger partial charge in [-0.25, -0.2) is 4.39 Å². The fourth-order valence-electron chi connectivity index (χ4n) is 6.73. The smallest absolute Gasteiger partial charge is 0.254 e. The number of halogens is 1. The molecule has 0 radical (unpaired) electrons. The average Bonchev–Trinajstić information content (AvgIpc) is 3.59. The molecule has 5 nitrogen and oxygen atoms in total. The maximum Gasteiger partial charge on any atom is 0.254 e. The van der Waals surface area contributed by atoms with Gasteiger partial charge in [-0.05, 0) is 78.8 Å². The van der Waals surface area contributed by atoms with E-state index in [2.05, 4.69) is 53.1 Å². The van der Waals surface area contributed by atoms with E-state index in [4.69, 9.17) is 9.47 Å². The van der Waals surface area contributed by atoms with Crippen LogP contribution in [-0.2, 0) is 6.54 Å². The van der Waals surface area contributed by atoms with Crippen LogP contribution in [0, 0.1) is 18.7 Å². The lowest BCUT2D eigenvalue weighted by Gasteiger charge is -2.37. The van der Waals surface area contributed by atoms with E-state index < -0.39 is 0 Å². The Morgan fingerprint density at radius 2 is 1.72 bits per heavy atom. The fraction of sp³-hybridized carbons (Fsp3) is 0.424. The second kappa shape index (κ2) is 11.4. The zero-order chi connectivity index (χ0) is 26.8. The summed E-state index contributed by atoms with van der Waals surface area (Å²) in [6.45, 7) is 5.84. The highest BCUT2D eigenvalue weighted by Gasteiger charge is 2.38. The molecule has 2 atom stereocenters. The first-order valence-electron chi connectivity index (χ1n) is 14.3. The first-order chi connectivity index (χ1) is 19.0. The zero-order valence-electron chi connectivity index (χ0n) is 22.7. The van der Waals surface area contributed by atoms with Crippen molar-refractivity contribution < 1.29 is 18.7 Å². The Balaban J connectivity index is 1.27. The summed E-state index contributed by atoms with van der Waals surface area (Å²) in [4.78, 5) is 18.5. The number of amides is 1. The number of carbonyl (C=O) groups is 1. The van der Waals surface area contributed by atoms with Gasteiger partial charge in [0.15, 0.2) is 11.5 Å². The summed E-state index contributed by atoms with van der Waals surface area (Å²) in [6.07, 6.45) is 5.61. The summed E-state index contributed by atoms with van der Waals surface area (Å²) in [5.41, 5.74) is 4.44. The minimum Gasteiger partial charge on any atom is -0.454 e. The molecular formula is C33H37FN2O3. The number of benzene rings is 3. The van der Waals surface area contributed by atoms with Gasteiger partial charge in [-0.3, -0.25) is 9.69 Å². The Labute approximate surface area is 230 Å². The Kier molecular flexibility index (Phi) is 7.55. The molecule has 39 heavy (non-hydrogen) atoms. The monoisotopic (exact) mass is 528 g/mol. The van der Waals surface area contributed by atoms with Crippen LogP contribution in [0.2, 0.25) is 0 Å². The third-order valence-corrected chi connectivity index (χ3v) is 8.75. The van der Waals surface area contributed by atoms with Gasteiger partial charge in [-0.1, -0.05) is 49.6 Å². The number of rotatable bonds is 7. The molecule has 0 unspecified atom stereocenters. The third-order valence-electron chi connectivity index (χ3n) is 8.75. The van der Waals surface area contributed by atoms with Crippen LogP contribution in [0.25, 0.3) is 0 Å². The summed E-state index contributed by atoms with van der Waals surface area (Å²) in [5.74, 6) is 1.95. The molecule has 1 aliphatic carbocycles. The number of carbonyl (C=O) groups excluding carboxylic acids is 1. The van der Waals surface area contributed by atoms with E-state index in [-0.39, 0.29) is 24.6 Å². The van der Waals surface area contributed by atoms with Crippen LogP contribution in [0.15, 0.2) is 66.7 Å². The van der Waals surface area contributed by atoms with Crippen molar-refractivity contribution in [3.63, 3.8) is 0 Å². The van der Waals surface area contributed by atoms with E-state index in [0.29, 0.717) is 23.9 Å². The van der Waals surface area contributed by atoms with Crippen LogP contribution in [0.1, 0.15) is 65.1 Å². The van der Waals surface area contributed by atoms with Crippen molar-refractivity contribution in [2.24, 2.45) is 5.92 Å². The molecule has 3 aromatic carbocycles. The largest absolute Gasteiger partial charge is 0.454 e. The highest BCUT2D eigenvalue weighted by Crippen LogP contribution is 2.38. The first-order valence-corrected chi connectivity index (χ1v) is 14.3. The van der Waals surface area contributed by atoms with E-state index in [1.807, 2.05) is 6.07 Å². The van der Waals surface area contributed by atoms with Gasteiger partial charge in [0.2, 0.25) is 6.79 Å². The molecule has 204 valence electrons. The van der Waals surface area contributed by atoms with Crippen LogP contribution in [-0.4, -0.2) is 48.2 Å². The molecule has 1 saturated heterocycles. The Morgan fingerprint density at radius 3 is 2.51 bits per heavy atom. The van der Waals surface area contributed by atoms with Crippen LogP contribution in [0.3, 0.4) is 0 Å². The number of likely N-dealkylation sites (tertiary alicyclic amines) is 1. The predicted octanol–water partition coefficient (Wildman–Crippen LogP) is 6.55. The third kappa shape index (κ3) is 5.67. The standard InChI is InChI=1S/C33H37FN2O3/c1-23-7-5-6-10-29(23)30-21-35(18-24-11-16-31-32(17-24)39-22-38-31)19-26(30)20-36(28-8-3-2-4-9-28)33(37)25-12-14-27(34)15-13-25/h5-7,10-17,26,28,30H,2-4,8-9,18-22H2,1H3/t26-,30+/m0/s1. The highest BCUT2D eigenvalue weighted by atomic mass is 19.1. The molecule has 2 fully saturated rings. The lowest BCUT2D eigenvalue weighted by Crippen LogP contribution is -2.45. The molecule has 0 bridgehead atoms. The molecule has 1 amide bonds. The van der Waals surface area contributed by atoms with Gasteiger partial charge in [0.05, 0.1) is 0 Å². The van der Waals surface area contributed by atoms with Crippen LogP contribution >= 0.6 is 0 Å². The maximum absolute atomic E-state index is 13.9. The lowest BCUT2D eigenvalue weighted by molar-refractivity contribution is 0.0588. The van der Waals surface area contributed by atoms with E-state index >= 15 is 0 Å². The normalized spacial score (nSPS) is 21.3. The summed E-state index contributed by atoms with van der Waals surface area (Å²) in [7, 11) is 0. The molecular weight excluding hydrogens is 491 g/mol. The fourth-order valence-corrected chi connectivity index (χ4v) is 6.73. The number of hydrogen-bond donors (Lipinski definition) is 0. The highest BCUT2D eigenvalue weighted by molar-refractivity contribution is 5.94. The molecule has 0 N–H and O–H groups in total. The molecule has 2 heterocycles. The van der Waals surface area contributed by atoms with Gasteiger partial charge in [0, 0.05) is 43.7 Å². The van der Waals surface area contributed by atoms with Gasteiger partial charge in [-0.15, -0.1) is 0 Å². The number of aryl methyl sites for hydroxylation is 1. The van der Waals surface area contributed by atoms with E-state index in [1.54, 1.807) is 12.1 Å². The van der Waals surface area contributed by atoms with Crippen molar-refractivity contribution >= 4 is 5.91 Å². The minimum absolute atomic E-state index is 0.0275. The first kappa shape index (κ1) is 25.9. The Bertz CT molecular complexity index is 1300. The van der Waals surface area contributed by atoms with Crippen LogP contribution in [0.5, 0.6) is 11.5 Å². The van der Waals surface area contributed by atoms with Gasteiger partial charge in [0.1, 0.15) is 5.82 Å². The zero-order valence-corrected chi connectivity index (χ0v) is 22.7. The van der Waals surface area contributed by atoms with Crippen molar-refractivity contribution in [1.29, 1.82) is 0 Å². The maximum atomic E-state index is 13.9. The van der Waals surface area contributed by atoms with Gasteiger partial charge in [0.25, 0.3) is 5.91 Å². The number of ether oxygens (including phenoxy) is 2. The lowest BCUT2D eigenvalue weighted by atomic mass is 9.85. The molecule has 0 spiro atoms. The minimum atomic E-state index is -0.315. The van der Waals surface area contributed by atoms with Gasteiger partial charge < -0.3 is 14.4 Å². The SMILES string of the molecule is Cc1ccccc1[C@@H]1CN(Cc2ccc3c(c2)OCO3)C[C@H]1CN(C(=O)c1ccc(F)cc1)C1CCCCC1. The van der Waals surface area contributed by atoms with E-state index in [9.17, 15) is 9.18 Å².